The highest BCUT2D eigenvalue weighted by Crippen LogP contribution is 2.46. The number of ether oxygens (including phenoxy) is 1. The summed E-state index contributed by atoms with van der Waals surface area (Å²) in [7, 11) is 0. The Morgan fingerprint density at radius 1 is 1.03 bits per heavy atom. The fraction of sp³-hybridized carbons (Fsp3) is 0.478. The third-order valence-corrected chi connectivity index (χ3v) is 6.35. The molecule has 2 aliphatic carbocycles. The van der Waals surface area contributed by atoms with Gasteiger partial charge in [-0.25, -0.2) is 8.78 Å². The number of benzene rings is 1. The summed E-state index contributed by atoms with van der Waals surface area (Å²) < 4.78 is 33.3. The second-order valence-electron chi connectivity index (χ2n) is 8.35. The number of amides is 1. The number of aromatic nitrogens is 1. The highest BCUT2D eigenvalue weighted by atomic mass is 19.1. The van der Waals surface area contributed by atoms with Gasteiger partial charge in [-0.05, 0) is 80.2 Å². The first-order valence-electron chi connectivity index (χ1n) is 10.3. The summed E-state index contributed by atoms with van der Waals surface area (Å²) in [6.45, 7) is 0.640. The molecular formula is C23H26F2N2O2. The molecule has 4 nitrogen and oxygen atoms in total. The Morgan fingerprint density at radius 3 is 2.34 bits per heavy atom. The van der Waals surface area contributed by atoms with E-state index in [0.29, 0.717) is 43.9 Å². The van der Waals surface area contributed by atoms with E-state index < -0.39 is 5.60 Å². The molecule has 2 aliphatic rings. The van der Waals surface area contributed by atoms with Crippen molar-refractivity contribution < 1.29 is 18.3 Å². The summed E-state index contributed by atoms with van der Waals surface area (Å²) in [4.78, 5) is 16.6. The fourth-order valence-corrected chi connectivity index (χ4v) is 4.44. The molecule has 1 heterocycles. The zero-order valence-electron chi connectivity index (χ0n) is 16.3. The van der Waals surface area contributed by atoms with Gasteiger partial charge >= 0.3 is 0 Å². The summed E-state index contributed by atoms with van der Waals surface area (Å²) in [5, 5.41) is 0. The van der Waals surface area contributed by atoms with E-state index in [-0.39, 0.29) is 29.4 Å². The van der Waals surface area contributed by atoms with Gasteiger partial charge in [0, 0.05) is 5.92 Å². The van der Waals surface area contributed by atoms with E-state index in [4.69, 9.17) is 10.5 Å². The minimum absolute atomic E-state index is 0.111. The quantitative estimate of drug-likeness (QED) is 0.729. The van der Waals surface area contributed by atoms with Crippen LogP contribution in [0.25, 0.3) is 0 Å². The Morgan fingerprint density at radius 2 is 1.72 bits per heavy atom. The second-order valence-corrected chi connectivity index (χ2v) is 8.35. The molecule has 2 N–H and O–H groups in total. The standard InChI is InChI=1S/C23H26F2N2O2/c24-17-5-3-16(4-6-17)19-9-11-23(29-14-15-1-2-15,12-10-20(19)22(26)28)21-8-7-18(25)13-27-21/h3-8,13,15,19-20H,1-2,9-12,14H2,(H2,26,28)/t19-,20-,23+/m1/s1. The molecule has 4 rings (SSSR count). The minimum atomic E-state index is -0.668. The topological polar surface area (TPSA) is 65.2 Å². The first kappa shape index (κ1) is 20.0. The Kier molecular flexibility index (Phi) is 5.63. The van der Waals surface area contributed by atoms with E-state index in [9.17, 15) is 13.6 Å². The Hall–Kier alpha value is -2.34. The summed E-state index contributed by atoms with van der Waals surface area (Å²) in [6, 6.07) is 9.36. The molecule has 0 bridgehead atoms. The number of halogens is 2. The molecule has 154 valence electrons. The smallest absolute Gasteiger partial charge is 0.221 e. The first-order valence-corrected chi connectivity index (χ1v) is 10.3. The average molecular weight is 400 g/mol. The van der Waals surface area contributed by atoms with E-state index in [1.807, 2.05) is 0 Å². The van der Waals surface area contributed by atoms with Crippen LogP contribution in [0.2, 0.25) is 0 Å². The van der Waals surface area contributed by atoms with Crippen LogP contribution in [0.4, 0.5) is 8.78 Å². The lowest BCUT2D eigenvalue weighted by atomic mass is 9.82. The minimum Gasteiger partial charge on any atom is -0.369 e. The van der Waals surface area contributed by atoms with Crippen LogP contribution >= 0.6 is 0 Å². The number of nitrogens with zero attached hydrogens (tertiary/aromatic N) is 1. The predicted molar refractivity (Wildman–Crippen MR) is 105 cm³/mol. The number of carbonyl (C=O) groups is 1. The summed E-state index contributed by atoms with van der Waals surface area (Å²) in [5.74, 6) is -0.971. The number of rotatable bonds is 6. The molecule has 2 aromatic rings. The monoisotopic (exact) mass is 400 g/mol. The number of nitrogens with two attached hydrogens (primary N) is 1. The van der Waals surface area contributed by atoms with Crippen molar-refractivity contribution in [1.82, 2.24) is 4.98 Å². The SMILES string of the molecule is NC(=O)[C@@H]1CC[C@](OCC2CC2)(c2ccc(F)cn2)CC[C@@H]1c1ccc(F)cc1. The van der Waals surface area contributed by atoms with Crippen LogP contribution < -0.4 is 5.73 Å². The largest absolute Gasteiger partial charge is 0.369 e. The van der Waals surface area contributed by atoms with Crippen LogP contribution in [-0.4, -0.2) is 17.5 Å². The molecule has 1 aromatic carbocycles. The zero-order valence-corrected chi connectivity index (χ0v) is 16.3. The van der Waals surface area contributed by atoms with E-state index in [2.05, 4.69) is 4.98 Å². The first-order chi connectivity index (χ1) is 14.0. The molecule has 0 saturated heterocycles. The van der Waals surface area contributed by atoms with Crippen molar-refractivity contribution in [2.24, 2.45) is 17.6 Å². The third-order valence-electron chi connectivity index (χ3n) is 6.35. The number of primary amides is 1. The molecule has 0 spiro atoms. The normalized spacial score (nSPS) is 27.4. The van der Waals surface area contributed by atoms with Crippen molar-refractivity contribution in [3.05, 3.63) is 65.5 Å². The van der Waals surface area contributed by atoms with E-state index in [1.165, 1.54) is 24.4 Å². The van der Waals surface area contributed by atoms with Crippen molar-refractivity contribution in [1.29, 1.82) is 0 Å². The number of pyridine rings is 1. The highest BCUT2D eigenvalue weighted by Gasteiger charge is 2.43. The van der Waals surface area contributed by atoms with Gasteiger partial charge in [0.1, 0.15) is 17.2 Å². The molecule has 6 heteroatoms. The van der Waals surface area contributed by atoms with Crippen molar-refractivity contribution >= 4 is 5.91 Å². The summed E-state index contributed by atoms with van der Waals surface area (Å²) in [6.07, 6.45) is 5.97. The molecule has 3 atom stereocenters. The number of hydrogen-bond acceptors (Lipinski definition) is 3. The van der Waals surface area contributed by atoms with E-state index >= 15 is 0 Å². The maximum atomic E-state index is 13.5. The number of carbonyl (C=O) groups excluding carboxylic acids is 1. The van der Waals surface area contributed by atoms with Gasteiger partial charge in [-0.3, -0.25) is 9.78 Å². The molecule has 0 unspecified atom stereocenters. The van der Waals surface area contributed by atoms with Crippen molar-refractivity contribution in [3.8, 4) is 0 Å². The zero-order chi connectivity index (χ0) is 20.4. The van der Waals surface area contributed by atoms with Crippen LogP contribution in [0.5, 0.6) is 0 Å². The number of hydrogen-bond donors (Lipinski definition) is 1. The Labute approximate surface area is 169 Å². The maximum absolute atomic E-state index is 13.5. The van der Waals surface area contributed by atoms with Gasteiger partial charge in [-0.15, -0.1) is 0 Å². The summed E-state index contributed by atoms with van der Waals surface area (Å²) >= 11 is 0. The molecule has 0 radical (unpaired) electrons. The fourth-order valence-electron chi connectivity index (χ4n) is 4.44. The molecule has 2 saturated carbocycles. The molecule has 1 aromatic heterocycles. The summed E-state index contributed by atoms with van der Waals surface area (Å²) in [5.41, 5.74) is 6.69. The van der Waals surface area contributed by atoms with Gasteiger partial charge in [-0.1, -0.05) is 12.1 Å². The average Bonchev–Trinajstić information content (AvgIpc) is 3.54. The van der Waals surface area contributed by atoms with E-state index in [0.717, 1.165) is 18.4 Å². The lowest BCUT2D eigenvalue weighted by Gasteiger charge is -2.33. The van der Waals surface area contributed by atoms with Crippen LogP contribution in [0.1, 0.15) is 55.7 Å². The highest BCUT2D eigenvalue weighted by molar-refractivity contribution is 5.77. The Bertz CT molecular complexity index is 852. The van der Waals surface area contributed by atoms with Gasteiger partial charge in [0.15, 0.2) is 0 Å². The van der Waals surface area contributed by atoms with Crippen LogP contribution in [0, 0.1) is 23.5 Å². The second kappa shape index (κ2) is 8.19. The predicted octanol–water partition coefficient (Wildman–Crippen LogP) is 4.44. The molecule has 29 heavy (non-hydrogen) atoms. The van der Waals surface area contributed by atoms with Crippen LogP contribution in [0.3, 0.4) is 0 Å². The van der Waals surface area contributed by atoms with Gasteiger partial charge < -0.3 is 10.5 Å². The molecule has 0 aliphatic heterocycles. The lowest BCUT2D eigenvalue weighted by molar-refractivity contribution is -0.123. The van der Waals surface area contributed by atoms with Gasteiger partial charge in [-0.2, -0.15) is 0 Å². The van der Waals surface area contributed by atoms with Crippen LogP contribution in [0.15, 0.2) is 42.6 Å². The Balaban J connectivity index is 1.65. The maximum Gasteiger partial charge on any atom is 0.221 e. The van der Waals surface area contributed by atoms with Crippen molar-refractivity contribution in [2.45, 2.75) is 50.0 Å². The third kappa shape index (κ3) is 4.47. The van der Waals surface area contributed by atoms with Gasteiger partial charge in [0.2, 0.25) is 5.91 Å². The molecule has 2 fully saturated rings. The van der Waals surface area contributed by atoms with Gasteiger partial charge in [0.05, 0.1) is 18.5 Å². The van der Waals surface area contributed by atoms with Gasteiger partial charge in [0.25, 0.3) is 0 Å². The molecular weight excluding hydrogens is 374 g/mol. The molecule has 1 amide bonds. The van der Waals surface area contributed by atoms with Crippen molar-refractivity contribution in [3.63, 3.8) is 0 Å². The van der Waals surface area contributed by atoms with Crippen LogP contribution in [-0.2, 0) is 15.1 Å². The lowest BCUT2D eigenvalue weighted by Crippen LogP contribution is -2.32. The van der Waals surface area contributed by atoms with E-state index in [1.54, 1.807) is 18.2 Å². The van der Waals surface area contributed by atoms with Crippen molar-refractivity contribution in [2.75, 3.05) is 6.61 Å².